The Kier molecular flexibility index (Phi) is 5.69. The van der Waals surface area contributed by atoms with E-state index in [2.05, 4.69) is 13.0 Å². The monoisotopic (exact) mass is 319 g/mol. The van der Waals surface area contributed by atoms with Crippen LogP contribution in [0.5, 0.6) is 11.5 Å². The number of rotatable bonds is 6. The number of hydrogen-bond donors (Lipinski definition) is 1. The van der Waals surface area contributed by atoms with Gasteiger partial charge in [0.1, 0.15) is 11.5 Å². The Morgan fingerprint density at radius 1 is 1.05 bits per heavy atom. The molecule has 2 rings (SSSR count). The summed E-state index contributed by atoms with van der Waals surface area (Å²) in [6.45, 7) is 2.59. The van der Waals surface area contributed by atoms with Gasteiger partial charge in [0.2, 0.25) is 0 Å². The van der Waals surface area contributed by atoms with E-state index in [1.165, 1.54) is 5.56 Å². The highest BCUT2D eigenvalue weighted by molar-refractivity contribution is 6.30. The Labute approximate surface area is 137 Å². The van der Waals surface area contributed by atoms with Crippen LogP contribution in [0.1, 0.15) is 22.6 Å². The third-order valence-corrected chi connectivity index (χ3v) is 4.05. The smallest absolute Gasteiger partial charge is 0.122 e. The van der Waals surface area contributed by atoms with E-state index in [1.807, 2.05) is 30.3 Å². The van der Waals surface area contributed by atoms with Crippen molar-refractivity contribution in [3.8, 4) is 11.5 Å². The Morgan fingerprint density at radius 2 is 1.73 bits per heavy atom. The highest BCUT2D eigenvalue weighted by atomic mass is 35.5. The molecule has 0 amide bonds. The van der Waals surface area contributed by atoms with Crippen molar-refractivity contribution in [1.82, 2.24) is 0 Å². The fourth-order valence-electron chi connectivity index (χ4n) is 2.67. The number of methoxy groups -OCH3 is 2. The molecule has 1 atom stereocenters. The first-order valence-corrected chi connectivity index (χ1v) is 7.63. The molecule has 22 heavy (non-hydrogen) atoms. The molecule has 0 aliphatic heterocycles. The van der Waals surface area contributed by atoms with Crippen molar-refractivity contribution in [3.63, 3.8) is 0 Å². The first kappa shape index (κ1) is 16.7. The lowest BCUT2D eigenvalue weighted by Gasteiger charge is -2.20. The molecule has 2 aromatic rings. The zero-order valence-electron chi connectivity index (χ0n) is 13.2. The summed E-state index contributed by atoms with van der Waals surface area (Å²) in [4.78, 5) is 0. The number of ether oxygens (including phenoxy) is 2. The van der Waals surface area contributed by atoms with Crippen molar-refractivity contribution >= 4 is 11.6 Å². The summed E-state index contributed by atoms with van der Waals surface area (Å²) in [6, 6.07) is 11.8. The maximum Gasteiger partial charge on any atom is 0.122 e. The summed E-state index contributed by atoms with van der Waals surface area (Å²) in [5, 5.41) is 0.697. The summed E-state index contributed by atoms with van der Waals surface area (Å²) in [5.74, 6) is 1.83. The maximum atomic E-state index is 6.12. The van der Waals surface area contributed by atoms with E-state index in [-0.39, 0.29) is 5.92 Å². The first-order valence-electron chi connectivity index (χ1n) is 7.26. The third kappa shape index (κ3) is 3.73. The number of aryl methyl sites for hydroxylation is 1. The molecular formula is C18H22ClNO2. The van der Waals surface area contributed by atoms with Crippen LogP contribution >= 0.6 is 11.6 Å². The van der Waals surface area contributed by atoms with Crippen LogP contribution in [0.3, 0.4) is 0 Å². The number of halogens is 1. The van der Waals surface area contributed by atoms with Gasteiger partial charge in [-0.1, -0.05) is 29.3 Å². The van der Waals surface area contributed by atoms with Crippen molar-refractivity contribution in [2.24, 2.45) is 5.73 Å². The third-order valence-electron chi connectivity index (χ3n) is 3.82. The molecule has 0 heterocycles. The van der Waals surface area contributed by atoms with Gasteiger partial charge in [-0.3, -0.25) is 0 Å². The zero-order valence-corrected chi connectivity index (χ0v) is 14.0. The van der Waals surface area contributed by atoms with Gasteiger partial charge >= 0.3 is 0 Å². The van der Waals surface area contributed by atoms with E-state index in [0.717, 1.165) is 29.0 Å². The fourth-order valence-corrected chi connectivity index (χ4v) is 2.86. The quantitative estimate of drug-likeness (QED) is 0.876. The average molecular weight is 320 g/mol. The molecule has 0 aromatic heterocycles. The van der Waals surface area contributed by atoms with Crippen LogP contribution in [-0.2, 0) is 6.42 Å². The van der Waals surface area contributed by atoms with E-state index < -0.39 is 0 Å². The van der Waals surface area contributed by atoms with Crippen molar-refractivity contribution < 1.29 is 9.47 Å². The van der Waals surface area contributed by atoms with Crippen LogP contribution in [0.2, 0.25) is 5.02 Å². The first-order chi connectivity index (χ1) is 10.6. The van der Waals surface area contributed by atoms with E-state index >= 15 is 0 Å². The molecule has 4 heteroatoms. The summed E-state index contributed by atoms with van der Waals surface area (Å²) in [7, 11) is 3.35. The minimum Gasteiger partial charge on any atom is -0.496 e. The van der Waals surface area contributed by atoms with Crippen molar-refractivity contribution in [2.75, 3.05) is 20.8 Å². The van der Waals surface area contributed by atoms with Crippen LogP contribution in [0, 0.1) is 6.92 Å². The van der Waals surface area contributed by atoms with E-state index in [9.17, 15) is 0 Å². The Morgan fingerprint density at radius 3 is 2.36 bits per heavy atom. The molecule has 2 aromatic carbocycles. The second kappa shape index (κ2) is 7.52. The van der Waals surface area contributed by atoms with E-state index in [1.54, 1.807) is 14.2 Å². The molecule has 0 saturated carbocycles. The summed E-state index contributed by atoms with van der Waals surface area (Å²) in [6.07, 6.45) is 0.750. The summed E-state index contributed by atoms with van der Waals surface area (Å²) in [5.41, 5.74) is 9.38. The van der Waals surface area contributed by atoms with Gasteiger partial charge in [0.15, 0.2) is 0 Å². The van der Waals surface area contributed by atoms with Gasteiger partial charge in [0.25, 0.3) is 0 Å². The van der Waals surface area contributed by atoms with Gasteiger partial charge in [0, 0.05) is 10.9 Å². The molecule has 3 nitrogen and oxygen atoms in total. The van der Waals surface area contributed by atoms with Gasteiger partial charge in [-0.05, 0) is 55.3 Å². The number of nitrogens with two attached hydrogens (primary N) is 1. The van der Waals surface area contributed by atoms with Gasteiger partial charge in [0.05, 0.1) is 14.2 Å². The largest absolute Gasteiger partial charge is 0.496 e. The van der Waals surface area contributed by atoms with E-state index in [0.29, 0.717) is 11.6 Å². The molecule has 0 fully saturated rings. The summed E-state index contributed by atoms with van der Waals surface area (Å²) >= 11 is 6.12. The van der Waals surface area contributed by atoms with Crippen molar-refractivity contribution in [1.29, 1.82) is 0 Å². The van der Waals surface area contributed by atoms with Crippen LogP contribution < -0.4 is 15.2 Å². The van der Waals surface area contributed by atoms with Crippen molar-refractivity contribution in [3.05, 3.63) is 58.1 Å². The lowest BCUT2D eigenvalue weighted by Crippen LogP contribution is -2.16. The zero-order chi connectivity index (χ0) is 16.1. The second-order valence-electron chi connectivity index (χ2n) is 5.34. The van der Waals surface area contributed by atoms with Gasteiger partial charge < -0.3 is 15.2 Å². The average Bonchev–Trinajstić information content (AvgIpc) is 2.52. The Bertz CT molecular complexity index is 643. The Hall–Kier alpha value is -1.71. The molecule has 0 bridgehead atoms. The molecule has 0 radical (unpaired) electrons. The predicted molar refractivity (Wildman–Crippen MR) is 91.2 cm³/mol. The molecule has 1 unspecified atom stereocenters. The van der Waals surface area contributed by atoms with E-state index in [4.69, 9.17) is 26.8 Å². The molecule has 118 valence electrons. The minimum absolute atomic E-state index is 0.141. The maximum absolute atomic E-state index is 6.12. The van der Waals surface area contributed by atoms with Crippen LogP contribution in [0.15, 0.2) is 36.4 Å². The van der Waals surface area contributed by atoms with Crippen LogP contribution in [0.4, 0.5) is 0 Å². The van der Waals surface area contributed by atoms with Gasteiger partial charge in [-0.15, -0.1) is 0 Å². The predicted octanol–water partition coefficient (Wildman–Crippen LogP) is 3.95. The number of hydrogen-bond acceptors (Lipinski definition) is 3. The fraction of sp³-hybridized carbons (Fsp3) is 0.333. The second-order valence-corrected chi connectivity index (χ2v) is 5.77. The molecule has 0 spiro atoms. The lowest BCUT2D eigenvalue weighted by molar-refractivity contribution is 0.400. The highest BCUT2D eigenvalue weighted by Crippen LogP contribution is 2.33. The van der Waals surface area contributed by atoms with Gasteiger partial charge in [-0.2, -0.15) is 0 Å². The molecular weight excluding hydrogens is 298 g/mol. The molecule has 0 aliphatic rings. The topological polar surface area (TPSA) is 44.5 Å². The lowest BCUT2D eigenvalue weighted by atomic mass is 9.90. The van der Waals surface area contributed by atoms with Crippen molar-refractivity contribution in [2.45, 2.75) is 19.3 Å². The summed E-state index contributed by atoms with van der Waals surface area (Å²) < 4.78 is 10.9. The van der Waals surface area contributed by atoms with Crippen LogP contribution in [0.25, 0.3) is 0 Å². The SMILES string of the molecule is COc1ccc(Cl)cc1CC(CN)c1cc(C)ccc1OC. The normalized spacial score (nSPS) is 12.0. The standard InChI is InChI=1S/C18H22ClNO2/c1-12-4-6-18(22-3)16(8-12)14(11-20)9-13-10-15(19)5-7-17(13)21-2/h4-8,10,14H,9,11,20H2,1-3H3. The van der Waals surface area contributed by atoms with Gasteiger partial charge in [-0.25, -0.2) is 0 Å². The molecule has 0 saturated heterocycles. The van der Waals surface area contributed by atoms with Crippen LogP contribution in [-0.4, -0.2) is 20.8 Å². The number of benzene rings is 2. The Balaban J connectivity index is 2.38. The molecule has 2 N–H and O–H groups in total. The highest BCUT2D eigenvalue weighted by Gasteiger charge is 2.18. The minimum atomic E-state index is 0.141. The molecule has 0 aliphatic carbocycles.